The fourth-order valence-electron chi connectivity index (χ4n) is 3.05. The van der Waals surface area contributed by atoms with Crippen molar-refractivity contribution in [3.63, 3.8) is 0 Å². The number of fused-ring (bicyclic) bond motifs is 1. The first kappa shape index (κ1) is 13.3. The Morgan fingerprint density at radius 1 is 1.20 bits per heavy atom. The molecule has 3 rings (SSSR count). The van der Waals surface area contributed by atoms with Gasteiger partial charge in [-0.3, -0.25) is 4.90 Å². The first-order valence-electron chi connectivity index (χ1n) is 6.96. The summed E-state index contributed by atoms with van der Waals surface area (Å²) in [6.45, 7) is 4.13. The maximum atomic E-state index is 13.8. The lowest BCUT2D eigenvalue weighted by atomic mass is 10.0. The maximum absolute atomic E-state index is 13.8. The number of hydrogen-bond acceptors (Lipinski definition) is 2. The second-order valence-electron chi connectivity index (χ2n) is 5.39. The third-order valence-corrected chi connectivity index (χ3v) is 4.16. The predicted molar refractivity (Wildman–Crippen MR) is 78.6 cm³/mol. The molecule has 1 heterocycles. The normalized spacial score (nSPS) is 18.2. The molecular formula is C17H19FN2. The summed E-state index contributed by atoms with van der Waals surface area (Å²) < 4.78 is 13.8. The van der Waals surface area contributed by atoms with Crippen LogP contribution in [0.2, 0.25) is 0 Å². The van der Waals surface area contributed by atoms with Crippen LogP contribution >= 0.6 is 0 Å². The van der Waals surface area contributed by atoms with Crippen LogP contribution in [0, 0.1) is 12.7 Å². The van der Waals surface area contributed by atoms with Crippen molar-refractivity contribution in [2.75, 3.05) is 6.54 Å². The molecule has 0 radical (unpaired) electrons. The highest BCUT2D eigenvalue weighted by molar-refractivity contribution is 5.40. The van der Waals surface area contributed by atoms with Crippen LogP contribution in [0.4, 0.5) is 4.39 Å². The zero-order valence-corrected chi connectivity index (χ0v) is 11.6. The third-order valence-electron chi connectivity index (χ3n) is 4.16. The summed E-state index contributed by atoms with van der Waals surface area (Å²) in [4.78, 5) is 2.26. The van der Waals surface area contributed by atoms with E-state index in [0.29, 0.717) is 13.1 Å². The number of nitrogens with zero attached hydrogens (tertiary/aromatic N) is 1. The Morgan fingerprint density at radius 3 is 2.75 bits per heavy atom. The van der Waals surface area contributed by atoms with Crippen molar-refractivity contribution in [2.45, 2.75) is 26.1 Å². The zero-order chi connectivity index (χ0) is 14.1. The Labute approximate surface area is 119 Å². The molecule has 0 saturated carbocycles. The Balaban J connectivity index is 1.90. The molecule has 0 fully saturated rings. The zero-order valence-electron chi connectivity index (χ0n) is 11.6. The minimum absolute atomic E-state index is 0.143. The van der Waals surface area contributed by atoms with Crippen LogP contribution in [0.25, 0.3) is 0 Å². The molecule has 20 heavy (non-hydrogen) atoms. The van der Waals surface area contributed by atoms with Gasteiger partial charge in [-0.1, -0.05) is 36.4 Å². The minimum Gasteiger partial charge on any atom is -0.329 e. The maximum Gasteiger partial charge on any atom is 0.127 e. The van der Waals surface area contributed by atoms with Gasteiger partial charge in [0.1, 0.15) is 5.82 Å². The predicted octanol–water partition coefficient (Wildman–Crippen LogP) is 3.15. The number of rotatable bonds is 3. The standard InChI is InChI=1S/C17H19FN2/c1-12-5-4-7-14-15(12)11-20(17(14)9-19)10-13-6-2-3-8-16(13)18/h2-8,17H,9-11,19H2,1H3. The Hall–Kier alpha value is -1.71. The second-order valence-corrected chi connectivity index (χ2v) is 5.39. The summed E-state index contributed by atoms with van der Waals surface area (Å²) >= 11 is 0. The molecule has 2 aromatic carbocycles. The molecular weight excluding hydrogens is 251 g/mol. The molecule has 1 unspecified atom stereocenters. The third kappa shape index (κ3) is 2.23. The van der Waals surface area contributed by atoms with E-state index < -0.39 is 0 Å². The van der Waals surface area contributed by atoms with Crippen LogP contribution in [0.5, 0.6) is 0 Å². The van der Waals surface area contributed by atoms with Crippen molar-refractivity contribution in [1.29, 1.82) is 0 Å². The summed E-state index contributed by atoms with van der Waals surface area (Å²) in [6.07, 6.45) is 0. The Bertz CT molecular complexity index is 624. The first-order chi connectivity index (χ1) is 9.70. The molecule has 104 valence electrons. The van der Waals surface area contributed by atoms with Crippen molar-refractivity contribution >= 4 is 0 Å². The molecule has 2 aromatic rings. The number of halogens is 1. The van der Waals surface area contributed by atoms with Crippen LogP contribution in [0.1, 0.15) is 28.3 Å². The molecule has 3 heteroatoms. The van der Waals surface area contributed by atoms with E-state index in [9.17, 15) is 4.39 Å². The van der Waals surface area contributed by atoms with Crippen LogP contribution in [0.3, 0.4) is 0 Å². The highest BCUT2D eigenvalue weighted by Gasteiger charge is 2.30. The lowest BCUT2D eigenvalue weighted by Crippen LogP contribution is -2.27. The quantitative estimate of drug-likeness (QED) is 0.928. The number of hydrogen-bond donors (Lipinski definition) is 1. The van der Waals surface area contributed by atoms with Gasteiger partial charge in [-0.05, 0) is 29.7 Å². The molecule has 2 nitrogen and oxygen atoms in total. The van der Waals surface area contributed by atoms with E-state index in [4.69, 9.17) is 5.73 Å². The van der Waals surface area contributed by atoms with E-state index in [2.05, 4.69) is 30.0 Å². The Kier molecular flexibility index (Phi) is 3.55. The topological polar surface area (TPSA) is 29.3 Å². The summed E-state index contributed by atoms with van der Waals surface area (Å²) in [6, 6.07) is 13.5. The van der Waals surface area contributed by atoms with Crippen LogP contribution in [-0.4, -0.2) is 11.4 Å². The fourth-order valence-corrected chi connectivity index (χ4v) is 3.05. The van der Waals surface area contributed by atoms with Gasteiger partial charge in [0.05, 0.1) is 0 Å². The fraction of sp³-hybridized carbons (Fsp3) is 0.294. The van der Waals surface area contributed by atoms with E-state index in [0.717, 1.165) is 12.1 Å². The van der Waals surface area contributed by atoms with E-state index in [-0.39, 0.29) is 11.9 Å². The summed E-state index contributed by atoms with van der Waals surface area (Å²) in [5, 5.41) is 0. The van der Waals surface area contributed by atoms with Gasteiger partial charge in [-0.2, -0.15) is 0 Å². The average Bonchev–Trinajstić information content (AvgIpc) is 2.80. The Morgan fingerprint density at radius 2 is 2.00 bits per heavy atom. The SMILES string of the molecule is Cc1cccc2c1CN(Cc1ccccc1F)C2CN. The minimum atomic E-state index is -0.143. The van der Waals surface area contributed by atoms with Crippen molar-refractivity contribution in [2.24, 2.45) is 5.73 Å². The summed E-state index contributed by atoms with van der Waals surface area (Å²) in [7, 11) is 0. The molecule has 1 aliphatic rings. The van der Waals surface area contributed by atoms with Gasteiger partial charge in [-0.25, -0.2) is 4.39 Å². The van der Waals surface area contributed by atoms with Gasteiger partial charge in [-0.15, -0.1) is 0 Å². The van der Waals surface area contributed by atoms with Gasteiger partial charge in [0, 0.05) is 31.2 Å². The lowest BCUT2D eigenvalue weighted by Gasteiger charge is -2.24. The summed E-state index contributed by atoms with van der Waals surface area (Å²) in [5.41, 5.74) is 10.6. The monoisotopic (exact) mass is 270 g/mol. The number of benzene rings is 2. The van der Waals surface area contributed by atoms with E-state index in [1.54, 1.807) is 6.07 Å². The van der Waals surface area contributed by atoms with Gasteiger partial charge in [0.25, 0.3) is 0 Å². The molecule has 1 aliphatic heterocycles. The van der Waals surface area contributed by atoms with Crippen molar-refractivity contribution in [1.82, 2.24) is 4.90 Å². The molecule has 0 saturated heterocycles. The number of nitrogens with two attached hydrogens (primary N) is 1. The number of aryl methyl sites for hydroxylation is 1. The van der Waals surface area contributed by atoms with Crippen LogP contribution < -0.4 is 5.73 Å². The van der Waals surface area contributed by atoms with E-state index in [1.807, 2.05) is 12.1 Å². The van der Waals surface area contributed by atoms with Gasteiger partial charge in [0.15, 0.2) is 0 Å². The highest BCUT2D eigenvalue weighted by atomic mass is 19.1. The van der Waals surface area contributed by atoms with E-state index >= 15 is 0 Å². The molecule has 0 amide bonds. The molecule has 0 bridgehead atoms. The first-order valence-corrected chi connectivity index (χ1v) is 6.96. The van der Waals surface area contributed by atoms with Gasteiger partial charge in [0.2, 0.25) is 0 Å². The molecule has 2 N–H and O–H groups in total. The summed E-state index contributed by atoms with van der Waals surface area (Å²) in [5.74, 6) is -0.143. The van der Waals surface area contributed by atoms with Crippen LogP contribution in [-0.2, 0) is 13.1 Å². The van der Waals surface area contributed by atoms with Crippen LogP contribution in [0.15, 0.2) is 42.5 Å². The van der Waals surface area contributed by atoms with Gasteiger partial charge < -0.3 is 5.73 Å². The van der Waals surface area contributed by atoms with E-state index in [1.165, 1.54) is 22.8 Å². The van der Waals surface area contributed by atoms with Crippen molar-refractivity contribution in [3.8, 4) is 0 Å². The lowest BCUT2D eigenvalue weighted by molar-refractivity contribution is 0.208. The smallest absolute Gasteiger partial charge is 0.127 e. The molecule has 0 aromatic heterocycles. The molecule has 0 spiro atoms. The van der Waals surface area contributed by atoms with Crippen molar-refractivity contribution in [3.05, 3.63) is 70.5 Å². The molecule has 0 aliphatic carbocycles. The largest absolute Gasteiger partial charge is 0.329 e. The second kappa shape index (κ2) is 5.35. The highest BCUT2D eigenvalue weighted by Crippen LogP contribution is 2.35. The van der Waals surface area contributed by atoms with Crippen molar-refractivity contribution < 1.29 is 4.39 Å². The van der Waals surface area contributed by atoms with Gasteiger partial charge >= 0.3 is 0 Å². The average molecular weight is 270 g/mol. The molecule has 1 atom stereocenters.